The van der Waals surface area contributed by atoms with Gasteiger partial charge in [-0.3, -0.25) is 4.79 Å². The molecule has 0 spiro atoms. The first kappa shape index (κ1) is 15.9. The summed E-state index contributed by atoms with van der Waals surface area (Å²) in [5.74, 6) is 2.82. The molecule has 1 nitrogen and oxygen atoms in total. The van der Waals surface area contributed by atoms with E-state index < -0.39 is 0 Å². The van der Waals surface area contributed by atoms with E-state index in [1.807, 2.05) is 0 Å². The normalized spacial score (nSPS) is 48.2. The molecule has 0 N–H and O–H groups in total. The zero-order valence-corrected chi connectivity index (χ0v) is 15.2. The molecule has 0 radical (unpaired) electrons. The van der Waals surface area contributed by atoms with E-state index in [9.17, 15) is 4.79 Å². The van der Waals surface area contributed by atoms with Crippen LogP contribution in [0.3, 0.4) is 0 Å². The molecular weight excluding hydrogens is 304 g/mol. The monoisotopic (exact) mass is 332 g/mol. The van der Waals surface area contributed by atoms with Gasteiger partial charge >= 0.3 is 0 Å². The number of fused-ring (bicyclic) bond motifs is 5. The molecule has 0 amide bonds. The number of hydrogen-bond acceptors (Lipinski definition) is 1. The fourth-order valence-electron chi connectivity index (χ4n) is 6.81. The molecule has 4 rings (SSSR count). The standard InChI is InChI=1S/C21H29ClO/c1-20-11-4-3-5-14(20)6-7-15-16-8-9-18(19(23)13-22)21(16,2)12-10-17(15)20/h5-7,15-18H,3-4,8-13H2,1-2H3/t15-,16-,17-,18+,20-,21-/m0/s1. The minimum Gasteiger partial charge on any atom is -0.298 e. The van der Waals surface area contributed by atoms with Crippen LogP contribution >= 0.6 is 11.6 Å². The Morgan fingerprint density at radius 3 is 2.83 bits per heavy atom. The van der Waals surface area contributed by atoms with Crippen LogP contribution in [0.2, 0.25) is 0 Å². The third-order valence-corrected chi connectivity index (χ3v) is 8.36. The molecule has 0 saturated heterocycles. The average molecular weight is 333 g/mol. The third-order valence-electron chi connectivity index (χ3n) is 8.09. The van der Waals surface area contributed by atoms with Crippen LogP contribution in [0, 0.1) is 34.5 Å². The second-order valence-electron chi connectivity index (χ2n) is 8.89. The van der Waals surface area contributed by atoms with Crippen LogP contribution in [0.5, 0.6) is 0 Å². The van der Waals surface area contributed by atoms with E-state index in [0.29, 0.717) is 23.0 Å². The summed E-state index contributed by atoms with van der Waals surface area (Å²) in [5, 5.41) is 0. The summed E-state index contributed by atoms with van der Waals surface area (Å²) >= 11 is 5.90. The molecule has 0 heterocycles. The number of carbonyl (C=O) groups is 1. The second kappa shape index (κ2) is 5.48. The Morgan fingerprint density at radius 2 is 2.04 bits per heavy atom. The number of Topliss-reactive ketones (excluding diaryl/α,β-unsaturated/α-hetero) is 1. The fraction of sp³-hybridized carbons (Fsp3) is 0.762. The van der Waals surface area contributed by atoms with Gasteiger partial charge in [-0.1, -0.05) is 32.1 Å². The maximum atomic E-state index is 12.4. The lowest BCUT2D eigenvalue weighted by molar-refractivity contribution is -0.126. The van der Waals surface area contributed by atoms with E-state index in [0.717, 1.165) is 12.3 Å². The van der Waals surface area contributed by atoms with Gasteiger partial charge in [0.15, 0.2) is 5.78 Å². The minimum absolute atomic E-state index is 0.184. The molecule has 2 saturated carbocycles. The second-order valence-corrected chi connectivity index (χ2v) is 9.16. The van der Waals surface area contributed by atoms with Crippen LogP contribution in [0.4, 0.5) is 0 Å². The number of allylic oxidation sites excluding steroid dienone is 4. The van der Waals surface area contributed by atoms with Crippen molar-refractivity contribution < 1.29 is 4.79 Å². The molecule has 6 atom stereocenters. The molecule has 2 fully saturated rings. The number of ketones is 1. The van der Waals surface area contributed by atoms with Gasteiger partial charge in [0.25, 0.3) is 0 Å². The third kappa shape index (κ3) is 2.15. The summed E-state index contributed by atoms with van der Waals surface area (Å²) in [6.07, 6.45) is 16.1. The fourth-order valence-corrected chi connectivity index (χ4v) is 6.99. The van der Waals surface area contributed by atoms with Crippen molar-refractivity contribution in [1.29, 1.82) is 0 Å². The van der Waals surface area contributed by atoms with Crippen molar-refractivity contribution in [2.45, 2.75) is 58.8 Å². The van der Waals surface area contributed by atoms with Crippen molar-refractivity contribution in [3.05, 3.63) is 23.8 Å². The molecule has 0 aromatic carbocycles. The molecule has 0 aromatic rings. The number of halogens is 1. The van der Waals surface area contributed by atoms with Gasteiger partial charge in [-0.25, -0.2) is 0 Å². The smallest absolute Gasteiger partial charge is 0.151 e. The molecule has 4 aliphatic carbocycles. The highest BCUT2D eigenvalue weighted by molar-refractivity contribution is 6.28. The summed E-state index contributed by atoms with van der Waals surface area (Å²) in [5.41, 5.74) is 2.16. The summed E-state index contributed by atoms with van der Waals surface area (Å²) in [6, 6.07) is 0. The quantitative estimate of drug-likeness (QED) is 0.607. The van der Waals surface area contributed by atoms with Gasteiger partial charge in [0.2, 0.25) is 0 Å². The van der Waals surface area contributed by atoms with Crippen LogP contribution in [0.15, 0.2) is 23.8 Å². The van der Waals surface area contributed by atoms with Crippen LogP contribution in [-0.2, 0) is 4.79 Å². The highest BCUT2D eigenvalue weighted by atomic mass is 35.5. The van der Waals surface area contributed by atoms with Gasteiger partial charge in [0, 0.05) is 5.92 Å². The minimum atomic E-state index is 0.184. The lowest BCUT2D eigenvalue weighted by atomic mass is 9.48. The molecule has 0 bridgehead atoms. The number of carbonyl (C=O) groups excluding carboxylic acids is 1. The van der Waals surface area contributed by atoms with Crippen molar-refractivity contribution in [2.75, 3.05) is 5.88 Å². The predicted octanol–water partition coefficient (Wildman–Crippen LogP) is 5.54. The topological polar surface area (TPSA) is 17.1 Å². The van der Waals surface area contributed by atoms with E-state index >= 15 is 0 Å². The molecule has 4 aliphatic rings. The average Bonchev–Trinajstić information content (AvgIpc) is 2.91. The van der Waals surface area contributed by atoms with E-state index in [1.165, 1.54) is 38.5 Å². The zero-order valence-electron chi connectivity index (χ0n) is 14.5. The summed E-state index contributed by atoms with van der Waals surface area (Å²) in [7, 11) is 0. The van der Waals surface area contributed by atoms with Crippen LogP contribution in [0.1, 0.15) is 58.8 Å². The van der Waals surface area contributed by atoms with Gasteiger partial charge in [0.05, 0.1) is 5.88 Å². The Balaban J connectivity index is 1.69. The molecular formula is C21H29ClO. The Labute approximate surface area is 145 Å². The Kier molecular flexibility index (Phi) is 3.80. The first-order valence-electron chi connectivity index (χ1n) is 9.48. The molecule has 2 heteroatoms. The van der Waals surface area contributed by atoms with Crippen molar-refractivity contribution in [2.24, 2.45) is 34.5 Å². The highest BCUT2D eigenvalue weighted by Crippen LogP contribution is 2.65. The van der Waals surface area contributed by atoms with E-state index in [1.54, 1.807) is 5.57 Å². The maximum Gasteiger partial charge on any atom is 0.151 e. The van der Waals surface area contributed by atoms with Crippen LogP contribution in [0.25, 0.3) is 0 Å². The lowest BCUT2D eigenvalue weighted by Gasteiger charge is -2.56. The number of alkyl halides is 1. The molecule has 23 heavy (non-hydrogen) atoms. The van der Waals surface area contributed by atoms with E-state index in [4.69, 9.17) is 11.6 Å². The van der Waals surface area contributed by atoms with Gasteiger partial charge < -0.3 is 0 Å². The van der Waals surface area contributed by atoms with E-state index in [2.05, 4.69) is 32.1 Å². The Hall–Kier alpha value is -0.560. The molecule has 0 aromatic heterocycles. The Bertz CT molecular complexity index is 576. The molecule has 126 valence electrons. The largest absolute Gasteiger partial charge is 0.298 e. The highest BCUT2D eigenvalue weighted by Gasteiger charge is 2.58. The molecule has 0 unspecified atom stereocenters. The summed E-state index contributed by atoms with van der Waals surface area (Å²) in [6.45, 7) is 4.90. The van der Waals surface area contributed by atoms with Crippen molar-refractivity contribution in [3.8, 4) is 0 Å². The summed E-state index contributed by atoms with van der Waals surface area (Å²) in [4.78, 5) is 12.4. The van der Waals surface area contributed by atoms with Crippen LogP contribution in [-0.4, -0.2) is 11.7 Å². The lowest BCUT2D eigenvalue weighted by Crippen LogP contribution is -2.49. The van der Waals surface area contributed by atoms with Gasteiger partial charge in [-0.05, 0) is 79.1 Å². The SMILES string of the molecule is C[C@]12CC[C@H]3[C@@H](C=CC4=CCCC[C@@]43C)[C@@H]1CC[C@@H]2C(=O)CCl. The Morgan fingerprint density at radius 1 is 1.22 bits per heavy atom. The zero-order chi connectivity index (χ0) is 16.2. The molecule has 0 aliphatic heterocycles. The maximum absolute atomic E-state index is 12.4. The van der Waals surface area contributed by atoms with Crippen LogP contribution < -0.4 is 0 Å². The first-order chi connectivity index (χ1) is 11.0. The van der Waals surface area contributed by atoms with Gasteiger partial charge in [-0.15, -0.1) is 11.6 Å². The van der Waals surface area contributed by atoms with Gasteiger partial charge in [0.1, 0.15) is 0 Å². The summed E-state index contributed by atoms with van der Waals surface area (Å²) < 4.78 is 0. The number of hydrogen-bond donors (Lipinski definition) is 0. The van der Waals surface area contributed by atoms with Crippen molar-refractivity contribution in [1.82, 2.24) is 0 Å². The van der Waals surface area contributed by atoms with E-state index in [-0.39, 0.29) is 17.2 Å². The van der Waals surface area contributed by atoms with Crippen molar-refractivity contribution in [3.63, 3.8) is 0 Å². The van der Waals surface area contributed by atoms with Gasteiger partial charge in [-0.2, -0.15) is 0 Å². The number of rotatable bonds is 2. The first-order valence-corrected chi connectivity index (χ1v) is 10.0. The van der Waals surface area contributed by atoms with Crippen molar-refractivity contribution >= 4 is 17.4 Å². The predicted molar refractivity (Wildman–Crippen MR) is 95.4 cm³/mol.